The van der Waals surface area contributed by atoms with Crippen molar-refractivity contribution in [2.24, 2.45) is 0 Å². The number of ether oxygens (including phenoxy) is 1. The van der Waals surface area contributed by atoms with Crippen LogP contribution >= 0.6 is 0 Å². The van der Waals surface area contributed by atoms with E-state index in [1.807, 2.05) is 0 Å². The van der Waals surface area contributed by atoms with E-state index in [4.69, 9.17) is 15.7 Å². The van der Waals surface area contributed by atoms with Gasteiger partial charge in [-0.1, -0.05) is 0 Å². The lowest BCUT2D eigenvalue weighted by atomic mass is 10.1. The van der Waals surface area contributed by atoms with Gasteiger partial charge in [-0.15, -0.1) is 0 Å². The molecular weight excluding hydrogens is 269 g/mol. The summed E-state index contributed by atoms with van der Waals surface area (Å²) in [6.45, 7) is 0. The summed E-state index contributed by atoms with van der Waals surface area (Å²) in [6.07, 6.45) is -4.56. The number of alkyl halides is 3. The second kappa shape index (κ2) is 5.13. The van der Waals surface area contributed by atoms with E-state index in [1.54, 1.807) is 24.3 Å². The Bertz CT molecular complexity index is 658. The van der Waals surface area contributed by atoms with E-state index in [9.17, 15) is 13.2 Å². The molecular formula is C14H9F3N2O. The fourth-order valence-electron chi connectivity index (χ4n) is 1.60. The van der Waals surface area contributed by atoms with Crippen molar-refractivity contribution < 1.29 is 17.9 Å². The zero-order valence-corrected chi connectivity index (χ0v) is 10.1. The maximum absolute atomic E-state index is 12.6. The lowest BCUT2D eigenvalue weighted by molar-refractivity contribution is -0.137. The Hall–Kier alpha value is -2.68. The van der Waals surface area contributed by atoms with Gasteiger partial charge in [0.1, 0.15) is 11.5 Å². The molecule has 102 valence electrons. The van der Waals surface area contributed by atoms with Gasteiger partial charge in [-0.25, -0.2) is 0 Å². The summed E-state index contributed by atoms with van der Waals surface area (Å²) in [6, 6.07) is 10.9. The highest BCUT2D eigenvalue weighted by molar-refractivity contribution is 5.47. The summed E-state index contributed by atoms with van der Waals surface area (Å²) in [7, 11) is 0. The van der Waals surface area contributed by atoms with Crippen molar-refractivity contribution in [3.63, 3.8) is 0 Å². The molecule has 0 atom stereocenters. The molecule has 0 saturated carbocycles. The number of nitrogens with two attached hydrogens (primary N) is 1. The van der Waals surface area contributed by atoms with Crippen LogP contribution in [0.5, 0.6) is 11.5 Å². The highest BCUT2D eigenvalue weighted by atomic mass is 19.4. The topological polar surface area (TPSA) is 59.0 Å². The van der Waals surface area contributed by atoms with E-state index in [-0.39, 0.29) is 5.75 Å². The minimum absolute atomic E-state index is 0.152. The summed E-state index contributed by atoms with van der Waals surface area (Å²) in [5.41, 5.74) is 4.59. The number of hydrogen-bond acceptors (Lipinski definition) is 3. The third-order valence-corrected chi connectivity index (χ3v) is 2.53. The lowest BCUT2D eigenvalue weighted by Crippen LogP contribution is -2.07. The van der Waals surface area contributed by atoms with E-state index in [2.05, 4.69) is 0 Å². The molecule has 0 unspecified atom stereocenters. The Morgan fingerprint density at radius 1 is 1.00 bits per heavy atom. The maximum atomic E-state index is 12.6. The first-order valence-electron chi connectivity index (χ1n) is 5.55. The van der Waals surface area contributed by atoms with Crippen LogP contribution < -0.4 is 10.5 Å². The average Bonchev–Trinajstić information content (AvgIpc) is 2.40. The van der Waals surface area contributed by atoms with Crippen molar-refractivity contribution in [1.82, 2.24) is 0 Å². The van der Waals surface area contributed by atoms with Gasteiger partial charge >= 0.3 is 6.18 Å². The quantitative estimate of drug-likeness (QED) is 0.846. The molecule has 0 bridgehead atoms. The van der Waals surface area contributed by atoms with Gasteiger partial charge in [0.15, 0.2) is 0 Å². The standard InChI is InChI=1S/C14H9F3N2O/c15-14(16,17)13-6-5-12(7-9(13)8-18)20-11-3-1-10(19)2-4-11/h1-7H,19H2. The molecule has 0 aliphatic carbocycles. The molecule has 0 aromatic heterocycles. The van der Waals surface area contributed by atoms with Crippen LogP contribution in [0.15, 0.2) is 42.5 Å². The van der Waals surface area contributed by atoms with E-state index in [1.165, 1.54) is 12.1 Å². The SMILES string of the molecule is N#Cc1cc(Oc2ccc(N)cc2)ccc1C(F)(F)F. The predicted molar refractivity (Wildman–Crippen MR) is 67.1 cm³/mol. The zero-order chi connectivity index (χ0) is 14.8. The summed E-state index contributed by atoms with van der Waals surface area (Å²) in [5, 5.41) is 8.79. The minimum atomic E-state index is -4.56. The molecule has 0 aliphatic rings. The molecule has 2 rings (SSSR count). The minimum Gasteiger partial charge on any atom is -0.457 e. The third kappa shape index (κ3) is 3.01. The van der Waals surface area contributed by atoms with Crippen molar-refractivity contribution >= 4 is 5.69 Å². The zero-order valence-electron chi connectivity index (χ0n) is 10.1. The summed E-state index contributed by atoms with van der Waals surface area (Å²) < 4.78 is 43.3. The Morgan fingerprint density at radius 2 is 1.60 bits per heavy atom. The van der Waals surface area contributed by atoms with Gasteiger partial charge in [-0.3, -0.25) is 0 Å². The van der Waals surface area contributed by atoms with Crippen LogP contribution in [0.1, 0.15) is 11.1 Å². The van der Waals surface area contributed by atoms with Gasteiger partial charge in [0.25, 0.3) is 0 Å². The number of nitrogens with zero attached hydrogens (tertiary/aromatic N) is 1. The molecule has 0 spiro atoms. The van der Waals surface area contributed by atoms with Gasteiger partial charge in [0.2, 0.25) is 0 Å². The van der Waals surface area contributed by atoms with E-state index < -0.39 is 17.3 Å². The third-order valence-electron chi connectivity index (χ3n) is 2.53. The molecule has 0 saturated heterocycles. The fourth-order valence-corrected chi connectivity index (χ4v) is 1.60. The number of benzene rings is 2. The first-order valence-corrected chi connectivity index (χ1v) is 5.55. The van der Waals surface area contributed by atoms with Crippen LogP contribution in [-0.2, 0) is 6.18 Å². The molecule has 0 radical (unpaired) electrons. The second-order valence-corrected chi connectivity index (χ2v) is 3.99. The van der Waals surface area contributed by atoms with Crippen LogP contribution in [0.4, 0.5) is 18.9 Å². The predicted octanol–water partition coefficient (Wildman–Crippen LogP) is 3.95. The maximum Gasteiger partial charge on any atom is 0.417 e. The van der Waals surface area contributed by atoms with Crippen molar-refractivity contribution in [3.8, 4) is 17.6 Å². The van der Waals surface area contributed by atoms with Gasteiger partial charge in [-0.05, 0) is 42.5 Å². The van der Waals surface area contributed by atoms with Gasteiger partial charge < -0.3 is 10.5 Å². The molecule has 0 fully saturated rings. The number of anilines is 1. The summed E-state index contributed by atoms with van der Waals surface area (Å²) in [4.78, 5) is 0. The number of halogens is 3. The molecule has 2 aromatic carbocycles. The van der Waals surface area contributed by atoms with E-state index in [0.717, 1.165) is 12.1 Å². The van der Waals surface area contributed by atoms with Crippen LogP contribution in [0.3, 0.4) is 0 Å². The fraction of sp³-hybridized carbons (Fsp3) is 0.0714. The second-order valence-electron chi connectivity index (χ2n) is 3.99. The Labute approximate surface area is 113 Å². The highest BCUT2D eigenvalue weighted by Gasteiger charge is 2.33. The van der Waals surface area contributed by atoms with Gasteiger partial charge in [0.05, 0.1) is 17.2 Å². The van der Waals surface area contributed by atoms with Crippen LogP contribution in [0.25, 0.3) is 0 Å². The summed E-state index contributed by atoms with van der Waals surface area (Å²) >= 11 is 0. The average molecular weight is 278 g/mol. The monoisotopic (exact) mass is 278 g/mol. The number of nitrogen functional groups attached to an aromatic ring is 1. The van der Waals surface area contributed by atoms with Crippen LogP contribution in [-0.4, -0.2) is 0 Å². The Balaban J connectivity index is 2.31. The molecule has 6 heteroatoms. The van der Waals surface area contributed by atoms with Gasteiger partial charge in [-0.2, -0.15) is 18.4 Å². The van der Waals surface area contributed by atoms with Crippen LogP contribution in [0, 0.1) is 11.3 Å². The lowest BCUT2D eigenvalue weighted by Gasteiger charge is -2.11. The molecule has 20 heavy (non-hydrogen) atoms. The molecule has 0 amide bonds. The molecule has 2 N–H and O–H groups in total. The van der Waals surface area contributed by atoms with Crippen molar-refractivity contribution in [2.75, 3.05) is 5.73 Å². The smallest absolute Gasteiger partial charge is 0.417 e. The first kappa shape index (κ1) is 13.7. The highest BCUT2D eigenvalue weighted by Crippen LogP contribution is 2.34. The molecule has 3 nitrogen and oxygen atoms in total. The molecule has 0 aliphatic heterocycles. The van der Waals surface area contributed by atoms with E-state index in [0.29, 0.717) is 11.4 Å². The van der Waals surface area contributed by atoms with Crippen molar-refractivity contribution in [2.45, 2.75) is 6.18 Å². The molecule has 2 aromatic rings. The normalized spacial score (nSPS) is 10.9. The Morgan fingerprint density at radius 3 is 2.15 bits per heavy atom. The number of rotatable bonds is 2. The first-order chi connectivity index (χ1) is 9.40. The number of hydrogen-bond donors (Lipinski definition) is 1. The van der Waals surface area contributed by atoms with Crippen LogP contribution in [0.2, 0.25) is 0 Å². The van der Waals surface area contributed by atoms with Gasteiger partial charge in [0, 0.05) is 5.69 Å². The van der Waals surface area contributed by atoms with Crippen molar-refractivity contribution in [1.29, 1.82) is 5.26 Å². The largest absolute Gasteiger partial charge is 0.457 e. The number of nitriles is 1. The molecule has 0 heterocycles. The van der Waals surface area contributed by atoms with Crippen molar-refractivity contribution in [3.05, 3.63) is 53.6 Å². The summed E-state index contributed by atoms with van der Waals surface area (Å²) in [5.74, 6) is 0.571. The Kier molecular flexibility index (Phi) is 3.53. The van der Waals surface area contributed by atoms with E-state index >= 15 is 0 Å².